The van der Waals surface area contributed by atoms with Crippen molar-refractivity contribution >= 4 is 41.4 Å². The summed E-state index contributed by atoms with van der Waals surface area (Å²) in [6.45, 7) is 4.06. The maximum absolute atomic E-state index is 13.4. The van der Waals surface area contributed by atoms with Crippen molar-refractivity contribution in [2.45, 2.75) is 45.7 Å². The number of carbonyl (C=O) groups excluding carboxylic acids is 5. The zero-order valence-electron chi connectivity index (χ0n) is 21.5. The molecule has 0 aromatic heterocycles. The fraction of sp³-hybridized carbons (Fsp3) is 0.333. The minimum Gasteiger partial charge on any atom is -0.481 e. The van der Waals surface area contributed by atoms with Gasteiger partial charge in [0, 0.05) is 11.3 Å². The molecular weight excluding hydrogens is 494 g/mol. The molecule has 11 nitrogen and oxygen atoms in total. The summed E-state index contributed by atoms with van der Waals surface area (Å²) in [6.07, 6.45) is 0.0382. The van der Waals surface area contributed by atoms with E-state index in [9.17, 15) is 28.8 Å². The Morgan fingerprint density at radius 3 is 2.05 bits per heavy atom. The first-order valence-corrected chi connectivity index (χ1v) is 11.8. The van der Waals surface area contributed by atoms with Crippen LogP contribution in [0.5, 0.6) is 0 Å². The van der Waals surface area contributed by atoms with Crippen LogP contribution in [-0.2, 0) is 24.0 Å². The van der Waals surface area contributed by atoms with Gasteiger partial charge in [-0.25, -0.2) is 0 Å². The number of carbonyl (C=O) groups is 6. The molecule has 0 heterocycles. The van der Waals surface area contributed by atoms with Crippen LogP contribution >= 0.6 is 0 Å². The fourth-order valence-corrected chi connectivity index (χ4v) is 3.22. The van der Waals surface area contributed by atoms with Crippen LogP contribution in [0.3, 0.4) is 0 Å². The number of rotatable bonds is 12. The number of hydrogen-bond donors (Lipinski definition) is 4. The number of ketones is 1. The Morgan fingerprint density at radius 2 is 1.55 bits per heavy atom. The van der Waals surface area contributed by atoms with Gasteiger partial charge in [-0.1, -0.05) is 43.3 Å². The van der Waals surface area contributed by atoms with Gasteiger partial charge in [-0.05, 0) is 44.0 Å². The molecule has 204 valence electrons. The van der Waals surface area contributed by atoms with Gasteiger partial charge in [0.25, 0.3) is 5.91 Å². The SMILES string of the molecule is CC(=O)CO.CCC(NC(=O)c1ccccc1)C(=O)N(CC(=O)NC(C=O)CC(=O)O)c1ccccc1C. The number of aldehydes is 1. The third-order valence-corrected chi connectivity index (χ3v) is 5.15. The maximum Gasteiger partial charge on any atom is 0.305 e. The quantitative estimate of drug-likeness (QED) is 0.299. The second-order valence-electron chi connectivity index (χ2n) is 8.28. The first-order valence-electron chi connectivity index (χ1n) is 11.8. The van der Waals surface area contributed by atoms with Gasteiger partial charge in [0.1, 0.15) is 25.5 Å². The van der Waals surface area contributed by atoms with Crippen LogP contribution in [0.2, 0.25) is 0 Å². The molecule has 38 heavy (non-hydrogen) atoms. The highest BCUT2D eigenvalue weighted by Gasteiger charge is 2.29. The number of para-hydroxylation sites is 1. The molecule has 2 atom stereocenters. The smallest absolute Gasteiger partial charge is 0.305 e. The third kappa shape index (κ3) is 10.7. The van der Waals surface area contributed by atoms with E-state index in [1.165, 1.54) is 11.8 Å². The summed E-state index contributed by atoms with van der Waals surface area (Å²) < 4.78 is 0. The molecule has 2 unspecified atom stereocenters. The summed E-state index contributed by atoms with van der Waals surface area (Å²) >= 11 is 0. The van der Waals surface area contributed by atoms with E-state index >= 15 is 0 Å². The molecule has 2 aromatic rings. The molecule has 0 aliphatic heterocycles. The van der Waals surface area contributed by atoms with E-state index < -0.39 is 48.7 Å². The van der Waals surface area contributed by atoms with Crippen LogP contribution in [0, 0.1) is 6.92 Å². The maximum atomic E-state index is 13.4. The summed E-state index contributed by atoms with van der Waals surface area (Å²) in [5.74, 6) is -3.06. The van der Waals surface area contributed by atoms with Crippen LogP contribution in [0.25, 0.3) is 0 Å². The molecule has 0 saturated carbocycles. The van der Waals surface area contributed by atoms with Gasteiger partial charge in [0.05, 0.1) is 12.5 Å². The lowest BCUT2D eigenvalue weighted by Gasteiger charge is -2.28. The highest BCUT2D eigenvalue weighted by Crippen LogP contribution is 2.21. The first kappa shape index (κ1) is 31.6. The van der Waals surface area contributed by atoms with E-state index in [1.807, 2.05) is 0 Å². The summed E-state index contributed by atoms with van der Waals surface area (Å²) in [5, 5.41) is 21.7. The van der Waals surface area contributed by atoms with Crippen molar-refractivity contribution in [2.24, 2.45) is 0 Å². The van der Waals surface area contributed by atoms with Crippen LogP contribution in [-0.4, -0.2) is 71.2 Å². The lowest BCUT2D eigenvalue weighted by Crippen LogP contribution is -2.52. The van der Waals surface area contributed by atoms with Crippen molar-refractivity contribution in [1.29, 1.82) is 0 Å². The molecule has 0 saturated heterocycles. The van der Waals surface area contributed by atoms with Gasteiger partial charge in [0.2, 0.25) is 11.8 Å². The van der Waals surface area contributed by atoms with Crippen LogP contribution in [0.4, 0.5) is 5.69 Å². The topological polar surface area (TPSA) is 170 Å². The van der Waals surface area contributed by atoms with Crippen LogP contribution in [0.15, 0.2) is 54.6 Å². The lowest BCUT2D eigenvalue weighted by molar-refractivity contribution is -0.139. The zero-order chi connectivity index (χ0) is 28.7. The number of carboxylic acid groups (broad SMARTS) is 1. The second-order valence-corrected chi connectivity index (χ2v) is 8.28. The predicted molar refractivity (Wildman–Crippen MR) is 140 cm³/mol. The highest BCUT2D eigenvalue weighted by atomic mass is 16.4. The van der Waals surface area contributed by atoms with E-state index in [-0.39, 0.29) is 18.8 Å². The molecule has 0 fully saturated rings. The number of amides is 3. The molecule has 0 aliphatic rings. The number of aliphatic hydroxyl groups is 1. The number of nitrogens with one attached hydrogen (secondary N) is 2. The molecule has 3 amide bonds. The summed E-state index contributed by atoms with van der Waals surface area (Å²) in [7, 11) is 0. The van der Waals surface area contributed by atoms with E-state index in [1.54, 1.807) is 68.4 Å². The number of aliphatic carboxylic acids is 1. The van der Waals surface area contributed by atoms with E-state index in [0.717, 1.165) is 5.56 Å². The molecule has 2 aromatic carbocycles. The normalized spacial score (nSPS) is 11.6. The highest BCUT2D eigenvalue weighted by molar-refractivity contribution is 6.05. The van der Waals surface area contributed by atoms with E-state index in [4.69, 9.17) is 10.2 Å². The van der Waals surface area contributed by atoms with Gasteiger partial charge in [-0.3, -0.25) is 24.0 Å². The Labute approximate surface area is 220 Å². The Morgan fingerprint density at radius 1 is 0.974 bits per heavy atom. The van der Waals surface area contributed by atoms with Crippen molar-refractivity contribution in [3.8, 4) is 0 Å². The number of benzene rings is 2. The summed E-state index contributed by atoms with van der Waals surface area (Å²) in [6, 6.07) is 13.3. The molecule has 0 radical (unpaired) electrons. The van der Waals surface area contributed by atoms with Crippen molar-refractivity contribution in [2.75, 3.05) is 18.1 Å². The van der Waals surface area contributed by atoms with Gasteiger partial charge in [-0.15, -0.1) is 0 Å². The van der Waals surface area contributed by atoms with Crippen molar-refractivity contribution < 1.29 is 39.0 Å². The molecule has 0 spiro atoms. The average molecular weight is 528 g/mol. The number of anilines is 1. The second kappa shape index (κ2) is 16.4. The fourth-order valence-electron chi connectivity index (χ4n) is 3.22. The number of nitrogens with zero attached hydrogens (tertiary/aromatic N) is 1. The Bertz CT molecular complexity index is 1120. The van der Waals surface area contributed by atoms with Crippen LogP contribution in [0.1, 0.15) is 42.6 Å². The molecule has 0 bridgehead atoms. The third-order valence-electron chi connectivity index (χ3n) is 5.15. The van der Waals surface area contributed by atoms with Crippen molar-refractivity contribution in [3.05, 3.63) is 65.7 Å². The zero-order valence-corrected chi connectivity index (χ0v) is 21.5. The molecule has 2 rings (SSSR count). The predicted octanol–water partition coefficient (Wildman–Crippen LogP) is 1.26. The average Bonchev–Trinajstić information content (AvgIpc) is 2.90. The van der Waals surface area contributed by atoms with Gasteiger partial charge in [0.15, 0.2) is 5.78 Å². The number of Topliss-reactive ketones (excluding diaryl/α,β-unsaturated/α-hetero) is 1. The van der Waals surface area contributed by atoms with Crippen molar-refractivity contribution in [1.82, 2.24) is 10.6 Å². The van der Waals surface area contributed by atoms with Crippen LogP contribution < -0.4 is 15.5 Å². The Hall–Kier alpha value is -4.38. The van der Waals surface area contributed by atoms with Gasteiger partial charge >= 0.3 is 5.97 Å². The molecule has 11 heteroatoms. The number of aliphatic hydroxyl groups excluding tert-OH is 1. The lowest BCUT2D eigenvalue weighted by atomic mass is 10.1. The Balaban J connectivity index is 0.00000132. The molecule has 0 aliphatic carbocycles. The monoisotopic (exact) mass is 527 g/mol. The van der Waals surface area contributed by atoms with E-state index in [2.05, 4.69) is 10.6 Å². The van der Waals surface area contributed by atoms with Crippen molar-refractivity contribution in [3.63, 3.8) is 0 Å². The van der Waals surface area contributed by atoms with E-state index in [0.29, 0.717) is 17.5 Å². The molecular formula is C27H33N3O8. The number of aryl methyl sites for hydroxylation is 1. The largest absolute Gasteiger partial charge is 0.481 e. The summed E-state index contributed by atoms with van der Waals surface area (Å²) in [4.78, 5) is 71.4. The standard InChI is InChI=1S/C24H27N3O6.C3H6O2/c1-3-19(26-23(32)17-10-5-4-6-11-17)24(33)27(20-12-8-7-9-16(20)2)14-21(29)25-18(15-28)13-22(30)31;1-3(5)2-4/h4-12,15,18-19H,3,13-14H2,1-2H3,(H,25,29)(H,26,32)(H,30,31);4H,2H2,1H3. The Kier molecular flexibility index (Phi) is 13.6. The minimum absolute atomic E-state index is 0.190. The first-order chi connectivity index (χ1) is 18.0. The summed E-state index contributed by atoms with van der Waals surface area (Å²) in [5.41, 5.74) is 1.58. The number of carboxylic acids is 1. The number of hydrogen-bond acceptors (Lipinski definition) is 7. The van der Waals surface area contributed by atoms with Gasteiger partial charge in [-0.2, -0.15) is 0 Å². The molecule has 4 N–H and O–H groups in total. The minimum atomic E-state index is -1.24. The van der Waals surface area contributed by atoms with Gasteiger partial charge < -0.3 is 30.5 Å².